The smallest absolute Gasteiger partial charge is 0 e. The van der Waals surface area contributed by atoms with Crippen molar-refractivity contribution in [2.24, 2.45) is 0 Å². The molecule has 4 heteroatoms. The predicted molar refractivity (Wildman–Crippen MR) is 38.2 cm³/mol. The molecule has 13 heavy (non-hydrogen) atoms. The van der Waals surface area contributed by atoms with E-state index in [9.17, 15) is 0 Å². The van der Waals surface area contributed by atoms with Crippen LogP contribution in [-0.4, -0.2) is 0 Å². The fourth-order valence-electron chi connectivity index (χ4n) is 0.420. The van der Waals surface area contributed by atoms with E-state index in [2.05, 4.69) is 25.7 Å². The largest absolute Gasteiger partial charge is 0 e. The maximum Gasteiger partial charge on any atom is 0 e. The van der Waals surface area contributed by atoms with E-state index in [0.29, 0.717) is 0 Å². The van der Waals surface area contributed by atoms with Crippen molar-refractivity contribution >= 4 is 0 Å². The zero-order chi connectivity index (χ0) is 10.4. The molecule has 0 N–H and O–H groups in total. The van der Waals surface area contributed by atoms with Gasteiger partial charge in [0.05, 0.1) is 0 Å². The third kappa shape index (κ3) is 24.8. The maximum atomic E-state index is 7.50. The summed E-state index contributed by atoms with van der Waals surface area (Å²) in [6.07, 6.45) is 5.92. The van der Waals surface area contributed by atoms with Gasteiger partial charge >= 0.3 is 33.9 Å². The molecular weight excluding hydrogens is 211 g/mol. The molecule has 1 rings (SSSR count). The van der Waals surface area contributed by atoms with Gasteiger partial charge in [0.2, 0.25) is 0 Å². The summed E-state index contributed by atoms with van der Waals surface area (Å²) in [5, 5.41) is 0. The average Bonchev–Trinajstić information content (AvgIpc) is 2.66. The quantitative estimate of drug-likeness (QED) is 0.256. The van der Waals surface area contributed by atoms with Crippen molar-refractivity contribution in [2.45, 2.75) is 6.92 Å². The van der Waals surface area contributed by atoms with E-state index in [4.69, 9.17) is 14.0 Å². The maximum absolute atomic E-state index is 7.50. The van der Waals surface area contributed by atoms with Crippen LogP contribution in [0.5, 0.6) is 0 Å². The molecule has 0 aromatic carbocycles. The Morgan fingerprint density at radius 1 is 1.08 bits per heavy atom. The van der Waals surface area contributed by atoms with Crippen LogP contribution in [0.25, 0.3) is 0 Å². The van der Waals surface area contributed by atoms with Crippen molar-refractivity contribution in [3.8, 4) is 0 Å². The molecule has 1 radical (unpaired) electrons. The first-order valence-corrected chi connectivity index (χ1v) is 2.61. The van der Waals surface area contributed by atoms with Crippen molar-refractivity contribution in [1.82, 2.24) is 0 Å². The van der Waals surface area contributed by atoms with Crippen molar-refractivity contribution < 1.29 is 31.0 Å². The van der Waals surface area contributed by atoms with Crippen LogP contribution < -0.4 is 0 Å². The summed E-state index contributed by atoms with van der Waals surface area (Å²) in [7, 11) is 0. The first kappa shape index (κ1) is 22.7. The fourth-order valence-corrected chi connectivity index (χ4v) is 0.420. The van der Waals surface area contributed by atoms with Gasteiger partial charge in [-0.15, -0.1) is 5.73 Å². The Bertz CT molecular complexity index is 225. The minimum Gasteiger partial charge on any atom is 0 e. The third-order valence-electron chi connectivity index (χ3n) is 0.753. The summed E-state index contributed by atoms with van der Waals surface area (Å²) in [5.74, 6) is 0. The van der Waals surface area contributed by atoms with Gasteiger partial charge in [-0.25, -0.2) is 0 Å². The molecule has 0 saturated carbocycles. The predicted octanol–water partition coefficient (Wildman–Crippen LogP) is 1.54. The summed E-state index contributed by atoms with van der Waals surface area (Å²) in [6, 6.07) is 0. The van der Waals surface area contributed by atoms with E-state index in [-0.39, 0.29) is 17.1 Å². The van der Waals surface area contributed by atoms with E-state index >= 15 is 0 Å². The molecule has 3 nitrogen and oxygen atoms in total. The molecule has 0 spiro atoms. The molecule has 0 atom stereocenters. The van der Waals surface area contributed by atoms with Crippen LogP contribution in [0.4, 0.5) is 0 Å². The molecule has 1 aliphatic rings. The molecule has 0 unspecified atom stereocenters. The second kappa shape index (κ2) is 30.6. The van der Waals surface area contributed by atoms with Crippen LogP contribution in [0.2, 0.25) is 0 Å². The third-order valence-corrected chi connectivity index (χ3v) is 0.753. The molecule has 0 aromatic rings. The Kier molecular flexibility index (Phi) is 53.3. The Labute approximate surface area is 87.8 Å². The summed E-state index contributed by atoms with van der Waals surface area (Å²) in [5.41, 5.74) is 4.22. The minimum atomic E-state index is 0. The normalized spacial score (nSPS) is 7.77. The topological polar surface area (TPSA) is 59.7 Å². The minimum absolute atomic E-state index is 0. The van der Waals surface area contributed by atoms with Crippen LogP contribution in [0.15, 0.2) is 29.5 Å². The van der Waals surface area contributed by atoms with Crippen LogP contribution in [0.1, 0.15) is 6.92 Å². The van der Waals surface area contributed by atoms with E-state index in [1.807, 2.05) is 25.2 Å². The average molecular weight is 217 g/mol. The van der Waals surface area contributed by atoms with Crippen molar-refractivity contribution in [3.63, 3.8) is 0 Å². The van der Waals surface area contributed by atoms with Crippen molar-refractivity contribution in [1.29, 1.82) is 0 Å². The fraction of sp³-hybridized carbons (Fsp3) is 0.111. The van der Waals surface area contributed by atoms with Crippen LogP contribution in [0, 0.1) is 20.0 Å². The summed E-state index contributed by atoms with van der Waals surface area (Å²) < 4.78 is 22.5. The van der Waals surface area contributed by atoms with Gasteiger partial charge in [-0.2, -0.15) is 0 Å². The standard InChI is InChI=1S/C6H6.3CO.Mn/c1-6-4-2-3-5-6;3*1-2;/h2-4H,1H3;;;;. The summed E-state index contributed by atoms with van der Waals surface area (Å²) in [6.45, 7) is 15.5. The van der Waals surface area contributed by atoms with Gasteiger partial charge in [0.25, 0.3) is 0 Å². The molecule has 67 valence electrons. The van der Waals surface area contributed by atoms with Crippen LogP contribution in [0.3, 0.4) is 0 Å². The van der Waals surface area contributed by atoms with Gasteiger partial charge < -0.3 is 0 Å². The zero-order valence-corrected chi connectivity index (χ0v) is 8.02. The van der Waals surface area contributed by atoms with Crippen LogP contribution in [-0.2, 0) is 31.0 Å². The van der Waals surface area contributed by atoms with E-state index in [0.717, 1.165) is 0 Å². The zero-order valence-electron chi connectivity index (χ0n) is 6.83. The molecule has 0 bridgehead atoms. The number of rotatable bonds is 0. The van der Waals surface area contributed by atoms with Gasteiger partial charge in [0.15, 0.2) is 0 Å². The Morgan fingerprint density at radius 2 is 1.46 bits per heavy atom. The number of hydrogen-bond donors (Lipinski definition) is 0. The Hall–Kier alpha value is -1.00. The molecular formula is C9H6MnO3. The second-order valence-corrected chi connectivity index (χ2v) is 1.35. The first-order valence-electron chi connectivity index (χ1n) is 2.61. The van der Waals surface area contributed by atoms with Crippen molar-refractivity contribution in [3.05, 3.63) is 49.5 Å². The molecule has 1 aliphatic carbocycles. The molecule has 0 heterocycles. The molecule has 0 amide bonds. The van der Waals surface area contributed by atoms with Gasteiger partial charge in [-0.1, -0.05) is 12.2 Å². The Balaban J connectivity index is -0.0000000508. The van der Waals surface area contributed by atoms with E-state index < -0.39 is 0 Å². The number of allylic oxidation sites excluding steroid dienone is 3. The van der Waals surface area contributed by atoms with Gasteiger partial charge in [0, 0.05) is 17.1 Å². The first-order chi connectivity index (χ1) is 5.89. The molecule has 0 fully saturated rings. The SMILES string of the molecule is CC1=C=CC=C1.[C-]#[O+].[C-]#[O+].[C-]#[O+].[Mn]. The number of hydrogen-bond acceptors (Lipinski definition) is 0. The van der Waals surface area contributed by atoms with Gasteiger partial charge in [-0.3, -0.25) is 0 Å². The second-order valence-electron chi connectivity index (χ2n) is 1.35. The van der Waals surface area contributed by atoms with Crippen LogP contribution >= 0.6 is 0 Å². The molecule has 0 aromatic heterocycles. The molecule has 0 aliphatic heterocycles. The van der Waals surface area contributed by atoms with Gasteiger partial charge in [-0.05, 0) is 18.6 Å². The molecule has 0 saturated heterocycles. The summed E-state index contributed by atoms with van der Waals surface area (Å²) in [4.78, 5) is 0. The van der Waals surface area contributed by atoms with E-state index in [1.54, 1.807) is 0 Å². The Morgan fingerprint density at radius 3 is 1.54 bits per heavy atom. The summed E-state index contributed by atoms with van der Waals surface area (Å²) >= 11 is 0. The van der Waals surface area contributed by atoms with E-state index in [1.165, 1.54) is 5.57 Å². The van der Waals surface area contributed by atoms with Crippen molar-refractivity contribution in [2.75, 3.05) is 0 Å². The monoisotopic (exact) mass is 217 g/mol. The van der Waals surface area contributed by atoms with Gasteiger partial charge in [0.1, 0.15) is 0 Å².